The molecule has 0 N–H and O–H groups in total. The minimum absolute atomic E-state index is 0.214. The van der Waals surface area contributed by atoms with Crippen molar-refractivity contribution in [3.05, 3.63) is 5.38 Å². The highest BCUT2D eigenvalue weighted by molar-refractivity contribution is 6.27. The number of rotatable bonds is 0. The Labute approximate surface area is 45.5 Å². The molecule has 0 heterocycles. The van der Waals surface area contributed by atoms with Gasteiger partial charge in [-0.2, -0.15) is 0 Å². The molecular weight excluding hydrogens is 121 g/mol. The summed E-state index contributed by atoms with van der Waals surface area (Å²) in [6.45, 7) is 0. The van der Waals surface area contributed by atoms with Crippen LogP contribution in [-0.4, -0.2) is 5.92 Å². The second-order valence-corrected chi connectivity index (χ2v) is 2.26. The largest absolute Gasteiger partial charge is 0.251 e. The van der Waals surface area contributed by atoms with Crippen molar-refractivity contribution in [3.63, 3.8) is 0 Å². The zero-order chi connectivity index (χ0) is 5.49. The van der Waals surface area contributed by atoms with Crippen molar-refractivity contribution in [1.82, 2.24) is 0 Å². The minimum atomic E-state index is -2.48. The van der Waals surface area contributed by atoms with E-state index < -0.39 is 5.92 Å². The number of alkyl halides is 2. The minimum Gasteiger partial charge on any atom is -0.207 e. The summed E-state index contributed by atoms with van der Waals surface area (Å²) in [5, 5.41) is 0.394. The highest BCUT2D eigenvalue weighted by Gasteiger charge is 2.44. The van der Waals surface area contributed by atoms with E-state index in [1.165, 1.54) is 0 Å². The van der Waals surface area contributed by atoms with Gasteiger partial charge in [-0.1, -0.05) is 0 Å². The van der Waals surface area contributed by atoms with Crippen LogP contribution in [0.5, 0.6) is 0 Å². The first-order valence-corrected chi connectivity index (χ1v) is 2.36. The molecule has 0 spiro atoms. The molecule has 1 aliphatic rings. The molecule has 0 aromatic heterocycles. The van der Waals surface area contributed by atoms with Gasteiger partial charge >= 0.3 is 0 Å². The van der Waals surface area contributed by atoms with Crippen molar-refractivity contribution < 1.29 is 8.78 Å². The monoisotopic (exact) mass is 125 g/mol. The van der Waals surface area contributed by atoms with Gasteiger partial charge in [-0.25, -0.2) is 8.78 Å². The average Bonchev–Trinajstić information content (AvgIpc) is 1.27. The molecule has 0 amide bonds. The van der Waals surface area contributed by atoms with E-state index in [2.05, 4.69) is 0 Å². The first kappa shape index (κ1) is 5.29. The van der Waals surface area contributed by atoms with Crippen molar-refractivity contribution in [1.29, 1.82) is 0 Å². The molecule has 1 radical (unpaired) electrons. The predicted octanol–water partition coefficient (Wildman–Crippen LogP) is 2.19. The fourth-order valence-corrected chi connectivity index (χ4v) is 0.901. The van der Waals surface area contributed by atoms with E-state index in [1.54, 1.807) is 0 Å². The zero-order valence-corrected chi connectivity index (χ0v) is 4.30. The van der Waals surface area contributed by atoms with E-state index in [0.717, 1.165) is 0 Å². The quantitative estimate of drug-likeness (QED) is 0.466. The van der Waals surface area contributed by atoms with Crippen molar-refractivity contribution >= 4 is 11.6 Å². The molecule has 0 saturated heterocycles. The van der Waals surface area contributed by atoms with Crippen LogP contribution in [-0.2, 0) is 0 Å². The lowest BCUT2D eigenvalue weighted by atomic mass is 9.94. The molecule has 3 heteroatoms. The summed E-state index contributed by atoms with van der Waals surface area (Å²) < 4.78 is 23.4. The summed E-state index contributed by atoms with van der Waals surface area (Å²) in [6, 6.07) is 0. The van der Waals surface area contributed by atoms with Gasteiger partial charge in [0.2, 0.25) is 0 Å². The normalized spacial score (nSPS) is 29.6. The molecule has 1 fully saturated rings. The van der Waals surface area contributed by atoms with Gasteiger partial charge in [0.15, 0.2) is 0 Å². The molecule has 0 nitrogen and oxygen atoms in total. The standard InChI is InChI=1S/C4H4ClF2/c5-3-1-4(6,7)2-3/h1-2H2. The number of hydrogen-bond acceptors (Lipinski definition) is 0. The van der Waals surface area contributed by atoms with Crippen LogP contribution in [0.3, 0.4) is 0 Å². The third-order valence-corrected chi connectivity index (χ3v) is 1.17. The summed E-state index contributed by atoms with van der Waals surface area (Å²) in [7, 11) is 0. The van der Waals surface area contributed by atoms with Gasteiger partial charge in [0.1, 0.15) is 0 Å². The molecule has 0 aliphatic heterocycles. The van der Waals surface area contributed by atoms with Gasteiger partial charge in [-0.3, -0.25) is 0 Å². The maximum absolute atomic E-state index is 11.7. The summed E-state index contributed by atoms with van der Waals surface area (Å²) in [5.74, 6) is -2.48. The maximum atomic E-state index is 11.7. The van der Waals surface area contributed by atoms with E-state index in [0.29, 0.717) is 5.38 Å². The molecule has 0 unspecified atom stereocenters. The number of halogens is 3. The van der Waals surface area contributed by atoms with E-state index in [-0.39, 0.29) is 12.8 Å². The maximum Gasteiger partial charge on any atom is 0.251 e. The Bertz CT molecular complexity index is 73.8. The van der Waals surface area contributed by atoms with Crippen molar-refractivity contribution in [3.8, 4) is 0 Å². The Balaban J connectivity index is 2.29. The van der Waals surface area contributed by atoms with Gasteiger partial charge in [0.25, 0.3) is 5.92 Å². The lowest BCUT2D eigenvalue weighted by Crippen LogP contribution is -2.30. The summed E-state index contributed by atoms with van der Waals surface area (Å²) in [4.78, 5) is 0. The van der Waals surface area contributed by atoms with Crippen molar-refractivity contribution in [2.75, 3.05) is 0 Å². The van der Waals surface area contributed by atoms with Gasteiger partial charge in [-0.15, -0.1) is 11.6 Å². The highest BCUT2D eigenvalue weighted by Crippen LogP contribution is 2.45. The molecule has 1 saturated carbocycles. The predicted molar refractivity (Wildman–Crippen MR) is 23.3 cm³/mol. The zero-order valence-electron chi connectivity index (χ0n) is 3.55. The van der Waals surface area contributed by atoms with Gasteiger partial charge in [0.05, 0.1) is 5.38 Å². The Kier molecular flexibility index (Phi) is 0.991. The van der Waals surface area contributed by atoms with Crippen LogP contribution in [0.1, 0.15) is 12.8 Å². The average molecular weight is 126 g/mol. The molecule has 1 aliphatic carbocycles. The van der Waals surface area contributed by atoms with Crippen LogP contribution in [0.2, 0.25) is 0 Å². The topological polar surface area (TPSA) is 0 Å². The Hall–Kier alpha value is 0.150. The summed E-state index contributed by atoms with van der Waals surface area (Å²) in [6.07, 6.45) is -0.427. The molecule has 0 aromatic rings. The van der Waals surface area contributed by atoms with Crippen molar-refractivity contribution in [2.45, 2.75) is 18.8 Å². The smallest absolute Gasteiger partial charge is 0.207 e. The van der Waals surface area contributed by atoms with Crippen LogP contribution in [0.25, 0.3) is 0 Å². The Morgan fingerprint density at radius 2 is 1.86 bits per heavy atom. The molecule has 0 bridgehead atoms. The van der Waals surface area contributed by atoms with Crippen LogP contribution in [0, 0.1) is 5.38 Å². The molecule has 1 rings (SSSR count). The van der Waals surface area contributed by atoms with Gasteiger partial charge in [0, 0.05) is 12.8 Å². The second kappa shape index (κ2) is 1.31. The SMILES string of the molecule is FC1(F)C[C](Cl)C1. The summed E-state index contributed by atoms with van der Waals surface area (Å²) >= 11 is 5.17. The molecular formula is C4H4ClF2. The molecule has 41 valence electrons. The van der Waals surface area contributed by atoms with E-state index in [4.69, 9.17) is 11.6 Å². The third kappa shape index (κ3) is 1.03. The number of hydrogen-bond donors (Lipinski definition) is 0. The second-order valence-electron chi connectivity index (χ2n) is 1.73. The third-order valence-electron chi connectivity index (χ3n) is 0.901. The molecule has 7 heavy (non-hydrogen) atoms. The highest BCUT2D eigenvalue weighted by atomic mass is 35.5. The first-order valence-electron chi connectivity index (χ1n) is 1.98. The van der Waals surface area contributed by atoms with E-state index in [1.807, 2.05) is 0 Å². The molecule has 0 aromatic carbocycles. The lowest BCUT2D eigenvalue weighted by Gasteiger charge is -2.29. The fourth-order valence-electron chi connectivity index (χ4n) is 0.509. The van der Waals surface area contributed by atoms with Gasteiger partial charge < -0.3 is 0 Å². The van der Waals surface area contributed by atoms with Crippen LogP contribution < -0.4 is 0 Å². The first-order chi connectivity index (χ1) is 3.10. The van der Waals surface area contributed by atoms with Crippen LogP contribution in [0.4, 0.5) is 8.78 Å². The lowest BCUT2D eigenvalue weighted by molar-refractivity contribution is -0.0457. The molecule has 0 atom stereocenters. The van der Waals surface area contributed by atoms with Crippen LogP contribution in [0.15, 0.2) is 0 Å². The van der Waals surface area contributed by atoms with Crippen LogP contribution >= 0.6 is 11.6 Å². The summed E-state index contributed by atoms with van der Waals surface area (Å²) in [5.41, 5.74) is 0. The van der Waals surface area contributed by atoms with Crippen molar-refractivity contribution in [2.24, 2.45) is 0 Å². The fraction of sp³-hybridized carbons (Fsp3) is 0.750. The van der Waals surface area contributed by atoms with E-state index >= 15 is 0 Å². The Morgan fingerprint density at radius 1 is 1.43 bits per heavy atom. The van der Waals surface area contributed by atoms with Gasteiger partial charge in [-0.05, 0) is 0 Å². The van der Waals surface area contributed by atoms with E-state index in [9.17, 15) is 8.78 Å². The Morgan fingerprint density at radius 3 is 1.86 bits per heavy atom.